The van der Waals surface area contributed by atoms with Crippen LogP contribution in [0.2, 0.25) is 0 Å². The van der Waals surface area contributed by atoms with Gasteiger partial charge in [0, 0.05) is 30.5 Å². The Labute approximate surface area is 175 Å². The molecule has 1 fully saturated rings. The summed E-state index contributed by atoms with van der Waals surface area (Å²) in [7, 11) is 0. The van der Waals surface area contributed by atoms with Crippen molar-refractivity contribution in [1.29, 1.82) is 0 Å². The number of hydrogen-bond donors (Lipinski definition) is 2. The highest BCUT2D eigenvalue weighted by molar-refractivity contribution is 5.77. The molecular weight excluding hydrogens is 384 g/mol. The first-order chi connectivity index (χ1) is 14.5. The maximum absolute atomic E-state index is 11.9. The van der Waals surface area contributed by atoms with E-state index in [-0.39, 0.29) is 12.1 Å². The van der Waals surface area contributed by atoms with Gasteiger partial charge in [-0.2, -0.15) is 10.1 Å². The third-order valence-electron chi connectivity index (χ3n) is 5.66. The Morgan fingerprint density at radius 1 is 1.33 bits per heavy atom. The van der Waals surface area contributed by atoms with E-state index in [1.807, 2.05) is 12.3 Å². The lowest BCUT2D eigenvalue weighted by Gasteiger charge is -2.25. The van der Waals surface area contributed by atoms with Crippen molar-refractivity contribution in [3.8, 4) is 0 Å². The van der Waals surface area contributed by atoms with Crippen molar-refractivity contribution in [2.45, 2.75) is 58.2 Å². The second kappa shape index (κ2) is 8.83. The fraction of sp³-hybridized carbons (Fsp3) is 0.524. The molecule has 0 aromatic carbocycles. The van der Waals surface area contributed by atoms with Crippen LogP contribution in [0.1, 0.15) is 45.6 Å². The number of nitrogens with one attached hydrogen (secondary N) is 1. The van der Waals surface area contributed by atoms with Gasteiger partial charge in [-0.25, -0.2) is 9.78 Å². The van der Waals surface area contributed by atoms with Gasteiger partial charge < -0.3 is 19.7 Å². The van der Waals surface area contributed by atoms with Crippen LogP contribution in [0.25, 0.3) is 11.0 Å². The van der Waals surface area contributed by atoms with Crippen LogP contribution in [0.15, 0.2) is 30.9 Å². The van der Waals surface area contributed by atoms with Crippen LogP contribution in [-0.4, -0.2) is 48.1 Å². The summed E-state index contributed by atoms with van der Waals surface area (Å²) in [5.41, 5.74) is 1.58. The third kappa shape index (κ3) is 4.46. The van der Waals surface area contributed by atoms with E-state index in [0.717, 1.165) is 43.3 Å². The molecule has 3 heterocycles. The highest BCUT2D eigenvalue weighted by Crippen LogP contribution is 2.27. The first kappa shape index (κ1) is 20.3. The lowest BCUT2D eigenvalue weighted by atomic mass is 9.87. The molecule has 1 unspecified atom stereocenters. The Bertz CT molecular complexity index is 1010. The van der Waals surface area contributed by atoms with Gasteiger partial charge in [0.15, 0.2) is 0 Å². The molecule has 3 aromatic rings. The maximum atomic E-state index is 11.9. The number of carbonyl (C=O) groups is 1. The number of ether oxygens (including phenoxy) is 1. The summed E-state index contributed by atoms with van der Waals surface area (Å²) in [6.07, 6.45) is 10.9. The number of aliphatic hydroxyl groups is 1. The molecule has 1 aliphatic rings. The van der Waals surface area contributed by atoms with Crippen LogP contribution >= 0.6 is 0 Å². The van der Waals surface area contributed by atoms with Crippen molar-refractivity contribution in [1.82, 2.24) is 24.3 Å². The Morgan fingerprint density at radius 2 is 2.13 bits per heavy atom. The van der Waals surface area contributed by atoms with Gasteiger partial charge in [0.2, 0.25) is 5.95 Å². The van der Waals surface area contributed by atoms with E-state index in [2.05, 4.69) is 20.0 Å². The molecule has 4 rings (SSSR count). The zero-order valence-corrected chi connectivity index (χ0v) is 17.4. The first-order valence-corrected chi connectivity index (χ1v) is 10.5. The zero-order chi connectivity index (χ0) is 21.1. The molecule has 160 valence electrons. The van der Waals surface area contributed by atoms with Crippen molar-refractivity contribution >= 4 is 28.6 Å². The van der Waals surface area contributed by atoms with E-state index >= 15 is 0 Å². The monoisotopic (exact) mass is 412 g/mol. The predicted octanol–water partition coefficient (Wildman–Crippen LogP) is 3.05. The summed E-state index contributed by atoms with van der Waals surface area (Å²) in [5, 5.41) is 18.1. The topological polar surface area (TPSA) is 107 Å². The van der Waals surface area contributed by atoms with Gasteiger partial charge >= 0.3 is 5.97 Å². The molecule has 1 saturated carbocycles. The van der Waals surface area contributed by atoms with Gasteiger partial charge in [-0.3, -0.25) is 4.68 Å². The summed E-state index contributed by atoms with van der Waals surface area (Å²) in [5.74, 6) is 0.709. The van der Waals surface area contributed by atoms with Crippen LogP contribution in [-0.2, 0) is 16.1 Å². The van der Waals surface area contributed by atoms with Crippen LogP contribution in [0.5, 0.6) is 0 Å². The molecule has 0 spiro atoms. The van der Waals surface area contributed by atoms with Crippen LogP contribution in [0, 0.1) is 5.92 Å². The van der Waals surface area contributed by atoms with Gasteiger partial charge in [-0.05, 0) is 51.5 Å². The third-order valence-corrected chi connectivity index (χ3v) is 5.66. The normalized spacial score (nSPS) is 20.2. The molecule has 1 atom stereocenters. The molecule has 0 amide bonds. The Hall–Kier alpha value is -2.94. The number of anilines is 2. The molecule has 30 heavy (non-hydrogen) atoms. The van der Waals surface area contributed by atoms with Crippen molar-refractivity contribution < 1.29 is 14.6 Å². The van der Waals surface area contributed by atoms with Gasteiger partial charge in [-0.1, -0.05) is 0 Å². The summed E-state index contributed by atoms with van der Waals surface area (Å²) in [6.45, 7) is 4.75. The summed E-state index contributed by atoms with van der Waals surface area (Å²) in [6, 6.07) is 1.52. The van der Waals surface area contributed by atoms with E-state index in [1.54, 1.807) is 37.1 Å². The van der Waals surface area contributed by atoms with Crippen LogP contribution < -0.4 is 5.32 Å². The first-order valence-electron chi connectivity index (χ1n) is 10.5. The van der Waals surface area contributed by atoms with Crippen molar-refractivity contribution in [2.24, 2.45) is 5.92 Å². The molecular formula is C21H28N6O3. The van der Waals surface area contributed by atoms with Gasteiger partial charge in [-0.15, -0.1) is 0 Å². The van der Waals surface area contributed by atoms with Crippen molar-refractivity contribution in [3.05, 3.63) is 30.9 Å². The van der Waals surface area contributed by atoms with Crippen LogP contribution in [0.3, 0.4) is 0 Å². The van der Waals surface area contributed by atoms with Crippen LogP contribution in [0.4, 0.5) is 11.6 Å². The second-order valence-electron chi connectivity index (χ2n) is 7.88. The summed E-state index contributed by atoms with van der Waals surface area (Å²) >= 11 is 0. The Kier molecular flexibility index (Phi) is 5.98. The van der Waals surface area contributed by atoms with Crippen molar-refractivity contribution in [2.75, 3.05) is 11.9 Å². The average Bonchev–Trinajstić information content (AvgIpc) is 3.36. The lowest BCUT2D eigenvalue weighted by molar-refractivity contribution is -0.146. The molecule has 0 radical (unpaired) electrons. The molecule has 9 heteroatoms. The SMILES string of the molecule is CCOC(=O)C(C)n1cc(Nc2ncc3ccn(C[C@H]4CC[C@H](O)CC4)c3n2)cn1. The molecule has 1 aliphatic carbocycles. The number of fused-ring (bicyclic) bond motifs is 1. The number of nitrogens with zero attached hydrogens (tertiary/aromatic N) is 5. The van der Waals surface area contributed by atoms with E-state index in [9.17, 15) is 9.90 Å². The van der Waals surface area contributed by atoms with Gasteiger partial charge in [0.05, 0.1) is 24.6 Å². The average molecular weight is 412 g/mol. The van der Waals surface area contributed by atoms with Gasteiger partial charge in [0.25, 0.3) is 0 Å². The molecule has 0 bridgehead atoms. The molecule has 3 aromatic heterocycles. The van der Waals surface area contributed by atoms with E-state index in [0.29, 0.717) is 24.2 Å². The number of esters is 1. The number of aliphatic hydroxyl groups excluding tert-OH is 1. The second-order valence-corrected chi connectivity index (χ2v) is 7.88. The highest BCUT2D eigenvalue weighted by Gasteiger charge is 2.21. The maximum Gasteiger partial charge on any atom is 0.330 e. The van der Waals surface area contributed by atoms with Crippen molar-refractivity contribution in [3.63, 3.8) is 0 Å². The molecule has 0 aliphatic heterocycles. The standard InChI is InChI=1S/C21H28N6O3/c1-3-30-20(29)14(2)27-13-17(11-23-27)24-21-22-10-16-8-9-26(19(16)25-21)12-15-4-6-18(28)7-5-15/h8-11,13-15,18,28H,3-7,12H2,1-2H3,(H,22,24,25)/t14?,15-,18-. The number of aromatic nitrogens is 5. The summed E-state index contributed by atoms with van der Waals surface area (Å²) in [4.78, 5) is 21.0. The largest absolute Gasteiger partial charge is 0.464 e. The number of carbonyl (C=O) groups excluding carboxylic acids is 1. The lowest BCUT2D eigenvalue weighted by Crippen LogP contribution is -2.21. The zero-order valence-electron chi connectivity index (χ0n) is 17.4. The molecule has 0 saturated heterocycles. The van der Waals surface area contributed by atoms with Gasteiger partial charge in [0.1, 0.15) is 11.7 Å². The Morgan fingerprint density at radius 3 is 2.90 bits per heavy atom. The fourth-order valence-corrected chi connectivity index (χ4v) is 3.90. The Balaban J connectivity index is 1.47. The number of hydrogen-bond acceptors (Lipinski definition) is 7. The minimum absolute atomic E-state index is 0.145. The van der Waals surface area contributed by atoms with E-state index < -0.39 is 6.04 Å². The molecule has 2 N–H and O–H groups in total. The predicted molar refractivity (Wildman–Crippen MR) is 112 cm³/mol. The smallest absolute Gasteiger partial charge is 0.330 e. The minimum atomic E-state index is -0.504. The minimum Gasteiger partial charge on any atom is -0.464 e. The number of rotatable bonds is 7. The fourth-order valence-electron chi connectivity index (χ4n) is 3.90. The molecule has 9 nitrogen and oxygen atoms in total. The highest BCUT2D eigenvalue weighted by atomic mass is 16.5. The van der Waals surface area contributed by atoms with E-state index in [4.69, 9.17) is 9.72 Å². The quantitative estimate of drug-likeness (QED) is 0.574. The summed E-state index contributed by atoms with van der Waals surface area (Å²) < 4.78 is 8.76. The van der Waals surface area contributed by atoms with E-state index in [1.165, 1.54) is 0 Å².